The van der Waals surface area contributed by atoms with E-state index in [1.807, 2.05) is 0 Å². The lowest BCUT2D eigenvalue weighted by atomic mass is 9.85. The summed E-state index contributed by atoms with van der Waals surface area (Å²) in [6.45, 7) is 0. The molecule has 1 atom stereocenters. The van der Waals surface area contributed by atoms with Crippen molar-refractivity contribution < 1.29 is 14.3 Å². The smallest absolute Gasteiger partial charge is 0.306 e. The molecule has 1 aromatic rings. The predicted octanol–water partition coefficient (Wildman–Crippen LogP) is 4.16. The minimum absolute atomic E-state index is 0.166. The fraction of sp³-hybridized carbons (Fsp3) is 0.588. The third-order valence-electron chi connectivity index (χ3n) is 4.89. The molecule has 0 aliphatic heterocycles. The molecule has 2 fully saturated rings. The van der Waals surface area contributed by atoms with Gasteiger partial charge >= 0.3 is 5.97 Å². The Labute approximate surface area is 134 Å². The van der Waals surface area contributed by atoms with Gasteiger partial charge in [-0.25, -0.2) is 4.39 Å². The van der Waals surface area contributed by atoms with Gasteiger partial charge in [-0.1, -0.05) is 17.7 Å². The number of aliphatic carboxylic acids is 1. The van der Waals surface area contributed by atoms with E-state index in [4.69, 9.17) is 16.7 Å². The zero-order chi connectivity index (χ0) is 15.7. The molecule has 2 saturated carbocycles. The highest BCUT2D eigenvalue weighted by Crippen LogP contribution is 2.42. The summed E-state index contributed by atoms with van der Waals surface area (Å²) in [6, 6.07) is 5.49. The molecular weight excluding hydrogens is 305 g/mol. The number of carbonyl (C=O) groups is 1. The summed E-state index contributed by atoms with van der Waals surface area (Å²) in [5.41, 5.74) is 1.04. The first kappa shape index (κ1) is 15.8. The predicted molar refractivity (Wildman–Crippen MR) is 83.4 cm³/mol. The number of hydrogen-bond donors (Lipinski definition) is 2. The second-order valence-electron chi connectivity index (χ2n) is 6.54. The Morgan fingerprint density at radius 2 is 1.91 bits per heavy atom. The second-order valence-corrected chi connectivity index (χ2v) is 6.95. The van der Waals surface area contributed by atoms with Gasteiger partial charge in [-0.15, -0.1) is 0 Å². The highest BCUT2D eigenvalue weighted by atomic mass is 35.5. The van der Waals surface area contributed by atoms with Gasteiger partial charge in [0.1, 0.15) is 5.82 Å². The molecule has 0 bridgehead atoms. The molecule has 2 aliphatic carbocycles. The van der Waals surface area contributed by atoms with E-state index >= 15 is 0 Å². The third kappa shape index (κ3) is 3.61. The van der Waals surface area contributed by atoms with Crippen LogP contribution in [0.4, 0.5) is 4.39 Å². The van der Waals surface area contributed by atoms with Crippen LogP contribution in [0.15, 0.2) is 18.2 Å². The van der Waals surface area contributed by atoms with E-state index in [9.17, 15) is 9.18 Å². The first-order valence-electron chi connectivity index (χ1n) is 7.98. The van der Waals surface area contributed by atoms with E-state index in [2.05, 4.69) is 5.32 Å². The Morgan fingerprint density at radius 3 is 2.45 bits per heavy atom. The van der Waals surface area contributed by atoms with Crippen LogP contribution in [-0.2, 0) is 4.79 Å². The maximum absolute atomic E-state index is 13.3. The highest BCUT2D eigenvalue weighted by Gasteiger charge is 2.35. The van der Waals surface area contributed by atoms with Crippen molar-refractivity contribution in [2.24, 2.45) is 11.8 Å². The van der Waals surface area contributed by atoms with Crippen molar-refractivity contribution in [3.8, 4) is 0 Å². The quantitative estimate of drug-likeness (QED) is 0.854. The summed E-state index contributed by atoms with van der Waals surface area (Å²) in [5.74, 6) is -0.680. The minimum atomic E-state index is -0.678. The standard InChI is InChI=1S/C17H21ClFNO2/c18-14-9-12(5-8-15(14)19)16(10-1-2-10)20-13-6-3-11(4-7-13)17(21)22/h5,8-11,13,16,20H,1-4,6-7H2,(H,21,22). The summed E-state index contributed by atoms with van der Waals surface area (Å²) < 4.78 is 13.3. The van der Waals surface area contributed by atoms with Crippen molar-refractivity contribution >= 4 is 17.6 Å². The number of benzene rings is 1. The van der Waals surface area contributed by atoms with Crippen LogP contribution in [0.2, 0.25) is 5.02 Å². The lowest BCUT2D eigenvalue weighted by Crippen LogP contribution is -2.38. The molecule has 1 unspecified atom stereocenters. The highest BCUT2D eigenvalue weighted by molar-refractivity contribution is 6.30. The monoisotopic (exact) mass is 325 g/mol. The lowest BCUT2D eigenvalue weighted by molar-refractivity contribution is -0.142. The van der Waals surface area contributed by atoms with Crippen molar-refractivity contribution in [3.63, 3.8) is 0 Å². The van der Waals surface area contributed by atoms with Gasteiger partial charge in [0.05, 0.1) is 10.9 Å². The van der Waals surface area contributed by atoms with Gasteiger partial charge in [-0.3, -0.25) is 4.79 Å². The summed E-state index contributed by atoms with van der Waals surface area (Å²) in [7, 11) is 0. The van der Waals surface area contributed by atoms with Gasteiger partial charge < -0.3 is 10.4 Å². The molecule has 3 rings (SSSR count). The van der Waals surface area contributed by atoms with E-state index in [1.165, 1.54) is 18.9 Å². The molecule has 2 aliphatic rings. The van der Waals surface area contributed by atoms with Crippen molar-refractivity contribution in [2.45, 2.75) is 50.6 Å². The Morgan fingerprint density at radius 1 is 1.23 bits per heavy atom. The fourth-order valence-corrected chi connectivity index (χ4v) is 3.59. The molecule has 0 saturated heterocycles. The van der Waals surface area contributed by atoms with Crippen LogP contribution in [0.5, 0.6) is 0 Å². The number of carboxylic acids is 1. The summed E-state index contributed by atoms with van der Waals surface area (Å²) in [6.07, 6.45) is 5.58. The maximum atomic E-state index is 13.3. The van der Waals surface area contributed by atoms with Gasteiger partial charge in [0.25, 0.3) is 0 Å². The molecule has 5 heteroatoms. The van der Waals surface area contributed by atoms with Crippen LogP contribution in [0.3, 0.4) is 0 Å². The third-order valence-corrected chi connectivity index (χ3v) is 5.18. The summed E-state index contributed by atoms with van der Waals surface area (Å²) in [5, 5.41) is 12.9. The van der Waals surface area contributed by atoms with Crippen LogP contribution in [0.25, 0.3) is 0 Å². The second kappa shape index (κ2) is 6.55. The van der Waals surface area contributed by atoms with Crippen LogP contribution in [0.1, 0.15) is 50.1 Å². The van der Waals surface area contributed by atoms with E-state index in [1.54, 1.807) is 12.1 Å². The minimum Gasteiger partial charge on any atom is -0.481 e. The Hall–Kier alpha value is -1.13. The molecule has 1 aromatic carbocycles. The van der Waals surface area contributed by atoms with E-state index in [0.29, 0.717) is 12.0 Å². The largest absolute Gasteiger partial charge is 0.481 e. The van der Waals surface area contributed by atoms with Crippen molar-refractivity contribution in [1.29, 1.82) is 0 Å². The first-order valence-corrected chi connectivity index (χ1v) is 8.36. The van der Waals surface area contributed by atoms with Gasteiger partial charge in [0.2, 0.25) is 0 Å². The fourth-order valence-electron chi connectivity index (χ4n) is 3.40. The molecule has 2 N–H and O–H groups in total. The Kier molecular flexibility index (Phi) is 4.69. The normalized spacial score (nSPS) is 26.6. The SMILES string of the molecule is O=C(O)C1CCC(NC(c2ccc(F)c(Cl)c2)C2CC2)CC1. The molecule has 0 radical (unpaired) electrons. The zero-order valence-electron chi connectivity index (χ0n) is 12.4. The number of rotatable bonds is 5. The number of halogens is 2. The zero-order valence-corrected chi connectivity index (χ0v) is 13.2. The number of carboxylic acid groups (broad SMARTS) is 1. The Bertz CT molecular complexity index is 554. The van der Waals surface area contributed by atoms with E-state index in [-0.39, 0.29) is 22.8 Å². The molecule has 0 spiro atoms. The molecule has 0 aromatic heterocycles. The average molecular weight is 326 g/mol. The van der Waals surface area contributed by atoms with Crippen molar-refractivity contribution in [1.82, 2.24) is 5.32 Å². The maximum Gasteiger partial charge on any atom is 0.306 e. The van der Waals surface area contributed by atoms with E-state index < -0.39 is 5.97 Å². The lowest BCUT2D eigenvalue weighted by Gasteiger charge is -2.31. The van der Waals surface area contributed by atoms with Crippen molar-refractivity contribution in [3.05, 3.63) is 34.6 Å². The van der Waals surface area contributed by atoms with Gasteiger partial charge in [-0.05, 0) is 62.1 Å². The first-order chi connectivity index (χ1) is 10.5. The van der Waals surface area contributed by atoms with Crippen molar-refractivity contribution in [2.75, 3.05) is 0 Å². The number of hydrogen-bond acceptors (Lipinski definition) is 2. The van der Waals surface area contributed by atoms with Gasteiger partial charge in [0.15, 0.2) is 0 Å². The summed E-state index contributed by atoms with van der Waals surface area (Å²) >= 11 is 5.91. The van der Waals surface area contributed by atoms with Crippen LogP contribution in [-0.4, -0.2) is 17.1 Å². The van der Waals surface area contributed by atoms with Gasteiger partial charge in [0, 0.05) is 12.1 Å². The molecular formula is C17H21ClFNO2. The van der Waals surface area contributed by atoms with Crippen LogP contribution < -0.4 is 5.32 Å². The topological polar surface area (TPSA) is 49.3 Å². The molecule has 0 amide bonds. The number of nitrogens with one attached hydrogen (secondary N) is 1. The van der Waals surface area contributed by atoms with Crippen LogP contribution >= 0.6 is 11.6 Å². The van der Waals surface area contributed by atoms with Gasteiger partial charge in [-0.2, -0.15) is 0 Å². The molecule has 0 heterocycles. The van der Waals surface area contributed by atoms with Crippen LogP contribution in [0, 0.1) is 17.7 Å². The summed E-state index contributed by atoms with van der Waals surface area (Å²) in [4.78, 5) is 11.0. The Balaban J connectivity index is 1.65. The molecule has 120 valence electrons. The molecule has 3 nitrogen and oxygen atoms in total. The average Bonchev–Trinajstić information content (AvgIpc) is 3.33. The molecule has 22 heavy (non-hydrogen) atoms. The van der Waals surface area contributed by atoms with E-state index in [0.717, 1.165) is 31.2 Å².